The third-order valence-electron chi connectivity index (χ3n) is 2.93. The predicted molar refractivity (Wildman–Crippen MR) is 69.1 cm³/mol. The Balaban J connectivity index is 2.89. The van der Waals surface area contributed by atoms with Gasteiger partial charge in [-0.3, -0.25) is 0 Å². The third-order valence-corrected chi connectivity index (χ3v) is 2.93. The van der Waals surface area contributed by atoms with E-state index in [-0.39, 0.29) is 6.09 Å². The van der Waals surface area contributed by atoms with Gasteiger partial charge in [0.15, 0.2) is 0 Å². The minimum absolute atomic E-state index is 0.306. The smallest absolute Gasteiger partial charge is 0.409 e. The Labute approximate surface area is 103 Å². The van der Waals surface area contributed by atoms with Gasteiger partial charge in [0.25, 0.3) is 0 Å². The summed E-state index contributed by atoms with van der Waals surface area (Å²) >= 11 is 0. The Morgan fingerprint density at radius 2 is 2.06 bits per heavy atom. The molecular weight excluding hydrogens is 214 g/mol. The minimum atomic E-state index is -0.306. The second-order valence-corrected chi connectivity index (χ2v) is 4.67. The largest absolute Gasteiger partial charge is 0.453 e. The summed E-state index contributed by atoms with van der Waals surface area (Å²) in [5.41, 5.74) is 3.66. The van der Waals surface area contributed by atoms with Crippen molar-refractivity contribution in [2.45, 2.75) is 33.2 Å². The molecule has 1 aromatic rings. The monoisotopic (exact) mass is 235 g/mol. The van der Waals surface area contributed by atoms with E-state index in [0.717, 1.165) is 0 Å². The number of hydrogen-bond acceptors (Lipinski definition) is 2. The van der Waals surface area contributed by atoms with Crippen molar-refractivity contribution in [3.8, 4) is 0 Å². The first-order chi connectivity index (χ1) is 7.95. The zero-order valence-corrected chi connectivity index (χ0v) is 11.3. The molecule has 17 heavy (non-hydrogen) atoms. The van der Waals surface area contributed by atoms with E-state index in [0.29, 0.717) is 12.5 Å². The maximum absolute atomic E-state index is 11.3. The van der Waals surface area contributed by atoms with Crippen LogP contribution in [0.15, 0.2) is 18.2 Å². The molecule has 0 saturated carbocycles. The van der Waals surface area contributed by atoms with Crippen LogP contribution in [0.4, 0.5) is 4.79 Å². The summed E-state index contributed by atoms with van der Waals surface area (Å²) in [5, 5.41) is 0. The first-order valence-corrected chi connectivity index (χ1v) is 5.84. The van der Waals surface area contributed by atoms with Crippen molar-refractivity contribution >= 4 is 6.09 Å². The number of methoxy groups -OCH3 is 1. The van der Waals surface area contributed by atoms with E-state index in [1.54, 1.807) is 11.9 Å². The molecule has 1 aromatic carbocycles. The van der Waals surface area contributed by atoms with Crippen LogP contribution >= 0.6 is 0 Å². The lowest BCUT2D eigenvalue weighted by atomic mass is 9.98. The average Bonchev–Trinajstić information content (AvgIpc) is 2.30. The first kappa shape index (κ1) is 13.6. The molecule has 0 fully saturated rings. The molecule has 0 aliphatic rings. The SMILES string of the molecule is COC(=O)N(C)Cc1cc(C(C)C)ccc1C. The molecule has 0 bridgehead atoms. The van der Waals surface area contributed by atoms with Gasteiger partial charge in [0, 0.05) is 13.6 Å². The van der Waals surface area contributed by atoms with E-state index >= 15 is 0 Å². The van der Waals surface area contributed by atoms with Crippen LogP contribution < -0.4 is 0 Å². The number of aryl methyl sites for hydroxylation is 1. The minimum Gasteiger partial charge on any atom is -0.453 e. The van der Waals surface area contributed by atoms with Crippen LogP contribution in [-0.2, 0) is 11.3 Å². The standard InChI is InChI=1S/C14H21NO2/c1-10(2)12-7-6-11(3)13(8-12)9-15(4)14(16)17-5/h6-8,10H,9H2,1-5H3. The third kappa shape index (κ3) is 3.48. The summed E-state index contributed by atoms with van der Waals surface area (Å²) in [6, 6.07) is 6.41. The fourth-order valence-corrected chi connectivity index (χ4v) is 1.70. The van der Waals surface area contributed by atoms with Gasteiger partial charge in [-0.2, -0.15) is 0 Å². The van der Waals surface area contributed by atoms with Gasteiger partial charge in [-0.25, -0.2) is 4.79 Å². The summed E-state index contributed by atoms with van der Waals surface area (Å²) in [6.45, 7) is 6.97. The van der Waals surface area contributed by atoms with Crippen LogP contribution in [0.1, 0.15) is 36.5 Å². The second kappa shape index (κ2) is 5.71. The predicted octanol–water partition coefficient (Wildman–Crippen LogP) is 3.32. The van der Waals surface area contributed by atoms with Crippen LogP contribution in [0, 0.1) is 6.92 Å². The molecule has 0 atom stereocenters. The maximum Gasteiger partial charge on any atom is 0.409 e. The van der Waals surface area contributed by atoms with Crippen molar-refractivity contribution in [2.75, 3.05) is 14.2 Å². The molecule has 1 amide bonds. The Hall–Kier alpha value is -1.51. The van der Waals surface area contributed by atoms with Gasteiger partial charge in [-0.15, -0.1) is 0 Å². The summed E-state index contributed by atoms with van der Waals surface area (Å²) in [5.74, 6) is 0.498. The highest BCUT2D eigenvalue weighted by Gasteiger charge is 2.11. The maximum atomic E-state index is 11.3. The highest BCUT2D eigenvalue weighted by molar-refractivity contribution is 5.67. The molecule has 0 unspecified atom stereocenters. The van der Waals surface area contributed by atoms with Crippen LogP contribution in [0.5, 0.6) is 0 Å². The zero-order chi connectivity index (χ0) is 13.0. The van der Waals surface area contributed by atoms with Crippen LogP contribution in [0.2, 0.25) is 0 Å². The van der Waals surface area contributed by atoms with E-state index in [1.807, 2.05) is 0 Å². The number of hydrogen-bond donors (Lipinski definition) is 0. The zero-order valence-electron chi connectivity index (χ0n) is 11.3. The fourth-order valence-electron chi connectivity index (χ4n) is 1.70. The molecule has 0 aliphatic carbocycles. The number of carbonyl (C=O) groups excluding carboxylic acids is 1. The Bertz CT molecular complexity index is 399. The van der Waals surface area contributed by atoms with Crippen molar-refractivity contribution in [1.29, 1.82) is 0 Å². The van der Waals surface area contributed by atoms with E-state index in [4.69, 9.17) is 0 Å². The summed E-state index contributed by atoms with van der Waals surface area (Å²) < 4.78 is 4.69. The summed E-state index contributed by atoms with van der Waals surface area (Å²) in [6.07, 6.45) is -0.306. The van der Waals surface area contributed by atoms with Gasteiger partial charge in [0.2, 0.25) is 0 Å². The number of nitrogens with zero attached hydrogens (tertiary/aromatic N) is 1. The van der Waals surface area contributed by atoms with Crippen LogP contribution in [-0.4, -0.2) is 25.2 Å². The van der Waals surface area contributed by atoms with Crippen molar-refractivity contribution in [3.05, 3.63) is 34.9 Å². The van der Waals surface area contributed by atoms with E-state index in [9.17, 15) is 4.79 Å². The molecular formula is C14H21NO2. The summed E-state index contributed by atoms with van der Waals surface area (Å²) in [7, 11) is 3.14. The highest BCUT2D eigenvalue weighted by atomic mass is 16.5. The molecule has 3 nitrogen and oxygen atoms in total. The summed E-state index contributed by atoms with van der Waals surface area (Å²) in [4.78, 5) is 12.9. The molecule has 1 rings (SSSR count). The van der Waals surface area contributed by atoms with Gasteiger partial charge in [-0.05, 0) is 29.5 Å². The van der Waals surface area contributed by atoms with Gasteiger partial charge in [0.1, 0.15) is 0 Å². The molecule has 0 aliphatic heterocycles. The molecule has 3 heteroatoms. The van der Waals surface area contributed by atoms with Crippen molar-refractivity contribution in [1.82, 2.24) is 4.90 Å². The molecule has 94 valence electrons. The number of carbonyl (C=O) groups is 1. The number of amides is 1. The lowest BCUT2D eigenvalue weighted by molar-refractivity contribution is 0.131. The van der Waals surface area contributed by atoms with E-state index < -0.39 is 0 Å². The molecule has 0 saturated heterocycles. The van der Waals surface area contributed by atoms with E-state index in [2.05, 4.69) is 43.7 Å². The molecule has 0 radical (unpaired) electrons. The highest BCUT2D eigenvalue weighted by Crippen LogP contribution is 2.19. The molecule has 0 heterocycles. The lowest BCUT2D eigenvalue weighted by Gasteiger charge is -2.18. The molecule has 0 N–H and O–H groups in total. The topological polar surface area (TPSA) is 29.5 Å². The van der Waals surface area contributed by atoms with Crippen molar-refractivity contribution in [3.63, 3.8) is 0 Å². The van der Waals surface area contributed by atoms with Gasteiger partial charge < -0.3 is 9.64 Å². The molecule has 0 spiro atoms. The molecule has 0 aromatic heterocycles. The average molecular weight is 235 g/mol. The van der Waals surface area contributed by atoms with Crippen molar-refractivity contribution < 1.29 is 9.53 Å². The Kier molecular flexibility index (Phi) is 4.55. The lowest BCUT2D eigenvalue weighted by Crippen LogP contribution is -2.26. The van der Waals surface area contributed by atoms with Crippen molar-refractivity contribution in [2.24, 2.45) is 0 Å². The van der Waals surface area contributed by atoms with Gasteiger partial charge in [0.05, 0.1) is 7.11 Å². The second-order valence-electron chi connectivity index (χ2n) is 4.67. The number of ether oxygens (including phenoxy) is 1. The van der Waals surface area contributed by atoms with Gasteiger partial charge in [-0.1, -0.05) is 32.0 Å². The fraction of sp³-hybridized carbons (Fsp3) is 0.500. The number of rotatable bonds is 3. The quantitative estimate of drug-likeness (QED) is 0.804. The Morgan fingerprint density at radius 3 is 2.59 bits per heavy atom. The van der Waals surface area contributed by atoms with Gasteiger partial charge >= 0.3 is 6.09 Å². The van der Waals surface area contributed by atoms with Crippen LogP contribution in [0.25, 0.3) is 0 Å². The first-order valence-electron chi connectivity index (χ1n) is 5.84. The number of benzene rings is 1. The Morgan fingerprint density at radius 1 is 1.41 bits per heavy atom. The normalized spacial score (nSPS) is 10.5. The van der Waals surface area contributed by atoms with E-state index in [1.165, 1.54) is 23.8 Å². The van der Waals surface area contributed by atoms with Crippen LogP contribution in [0.3, 0.4) is 0 Å².